The van der Waals surface area contributed by atoms with E-state index in [1.54, 1.807) is 0 Å². The van der Waals surface area contributed by atoms with E-state index in [0.717, 1.165) is 18.7 Å². The molecule has 0 saturated carbocycles. The molecule has 1 saturated heterocycles. The summed E-state index contributed by atoms with van der Waals surface area (Å²) in [5.74, 6) is 1.02. The third kappa shape index (κ3) is 4.45. The van der Waals surface area contributed by atoms with Crippen LogP contribution >= 0.6 is 11.6 Å². The molecule has 0 bridgehead atoms. The molecule has 3 nitrogen and oxygen atoms in total. The molecule has 1 amide bonds. The molecule has 0 aromatic heterocycles. The zero-order valence-electron chi connectivity index (χ0n) is 12.9. The number of hydrogen-bond acceptors (Lipinski definition) is 2. The lowest BCUT2D eigenvalue weighted by molar-refractivity contribution is 0.0927. The minimum absolute atomic E-state index is 0.000898. The van der Waals surface area contributed by atoms with Crippen molar-refractivity contribution >= 4 is 17.5 Å². The molecule has 1 unspecified atom stereocenters. The number of benzene rings is 1. The van der Waals surface area contributed by atoms with Crippen LogP contribution in [0.1, 0.15) is 42.6 Å². The molecule has 21 heavy (non-hydrogen) atoms. The summed E-state index contributed by atoms with van der Waals surface area (Å²) in [4.78, 5) is 14.7. The summed E-state index contributed by atoms with van der Waals surface area (Å²) in [6.07, 6.45) is 2.55. The summed E-state index contributed by atoms with van der Waals surface area (Å²) in [5, 5.41) is 3.08. The lowest BCUT2D eigenvalue weighted by Gasteiger charge is -2.31. The largest absolute Gasteiger partial charge is 0.350 e. The number of rotatable bonds is 6. The van der Waals surface area contributed by atoms with Crippen molar-refractivity contribution in [3.63, 3.8) is 0 Å². The van der Waals surface area contributed by atoms with Gasteiger partial charge < -0.3 is 5.32 Å². The van der Waals surface area contributed by atoms with Crippen LogP contribution in [0.25, 0.3) is 0 Å². The van der Waals surface area contributed by atoms with Crippen LogP contribution in [-0.2, 0) is 5.88 Å². The number of nitrogens with zero attached hydrogens (tertiary/aromatic N) is 1. The first-order chi connectivity index (χ1) is 10.1. The Kier molecular flexibility index (Phi) is 6.07. The van der Waals surface area contributed by atoms with Crippen molar-refractivity contribution in [2.75, 3.05) is 19.6 Å². The Morgan fingerprint density at radius 1 is 1.24 bits per heavy atom. The van der Waals surface area contributed by atoms with Crippen molar-refractivity contribution in [3.8, 4) is 0 Å². The van der Waals surface area contributed by atoms with E-state index in [1.807, 2.05) is 24.3 Å². The summed E-state index contributed by atoms with van der Waals surface area (Å²) in [5.41, 5.74) is 1.73. The number of alkyl halides is 1. The van der Waals surface area contributed by atoms with Crippen LogP contribution in [0.4, 0.5) is 0 Å². The Morgan fingerprint density at radius 2 is 1.86 bits per heavy atom. The van der Waals surface area contributed by atoms with E-state index >= 15 is 0 Å². The molecule has 116 valence electrons. The SMILES string of the molecule is CC(C)C(CNC(=O)c1ccc(CCl)cc1)N1CCCC1. The minimum atomic E-state index is 0.000898. The number of likely N-dealkylation sites (tertiary alicyclic amines) is 1. The summed E-state index contributed by atoms with van der Waals surface area (Å²) in [6.45, 7) is 7.48. The summed E-state index contributed by atoms with van der Waals surface area (Å²) >= 11 is 5.76. The predicted octanol–water partition coefficient (Wildman–Crippen LogP) is 3.28. The molecule has 0 radical (unpaired) electrons. The molecule has 2 rings (SSSR count). The first-order valence-electron chi connectivity index (χ1n) is 7.79. The van der Waals surface area contributed by atoms with Gasteiger partial charge in [0.15, 0.2) is 0 Å². The summed E-state index contributed by atoms with van der Waals surface area (Å²) < 4.78 is 0. The normalized spacial score (nSPS) is 17.1. The first kappa shape index (κ1) is 16.3. The average Bonchev–Trinajstić information content (AvgIpc) is 3.01. The highest BCUT2D eigenvalue weighted by molar-refractivity contribution is 6.17. The average molecular weight is 309 g/mol. The molecule has 1 N–H and O–H groups in total. The number of halogens is 1. The second-order valence-electron chi connectivity index (χ2n) is 6.10. The van der Waals surface area contributed by atoms with Crippen molar-refractivity contribution < 1.29 is 4.79 Å². The molecule has 1 aromatic carbocycles. The molecule has 1 aromatic rings. The maximum Gasteiger partial charge on any atom is 0.251 e. The highest BCUT2D eigenvalue weighted by Crippen LogP contribution is 2.17. The second-order valence-corrected chi connectivity index (χ2v) is 6.36. The van der Waals surface area contributed by atoms with Crippen molar-refractivity contribution in [2.24, 2.45) is 5.92 Å². The Balaban J connectivity index is 1.91. The molecule has 0 spiro atoms. The first-order valence-corrected chi connectivity index (χ1v) is 8.32. The van der Waals surface area contributed by atoms with E-state index in [4.69, 9.17) is 11.6 Å². The zero-order valence-corrected chi connectivity index (χ0v) is 13.7. The van der Waals surface area contributed by atoms with Gasteiger partial charge in [-0.25, -0.2) is 0 Å². The Labute approximate surface area is 132 Å². The van der Waals surface area contributed by atoms with Gasteiger partial charge in [-0.1, -0.05) is 26.0 Å². The number of nitrogens with one attached hydrogen (secondary N) is 1. The fraction of sp³-hybridized carbons (Fsp3) is 0.588. The van der Waals surface area contributed by atoms with E-state index < -0.39 is 0 Å². The Bertz CT molecular complexity index is 452. The van der Waals surface area contributed by atoms with Gasteiger partial charge in [0.25, 0.3) is 5.91 Å². The van der Waals surface area contributed by atoms with Gasteiger partial charge >= 0.3 is 0 Å². The predicted molar refractivity (Wildman–Crippen MR) is 87.8 cm³/mol. The molecule has 1 aliphatic heterocycles. The van der Waals surface area contributed by atoms with E-state index in [1.165, 1.54) is 12.8 Å². The van der Waals surface area contributed by atoms with Gasteiger partial charge in [0.2, 0.25) is 0 Å². The highest BCUT2D eigenvalue weighted by atomic mass is 35.5. The molecular weight excluding hydrogens is 284 g/mol. The lowest BCUT2D eigenvalue weighted by atomic mass is 10.0. The van der Waals surface area contributed by atoms with Crippen molar-refractivity contribution in [1.82, 2.24) is 10.2 Å². The standard InChI is InChI=1S/C17H25ClN2O/c1-13(2)16(20-9-3-4-10-20)12-19-17(21)15-7-5-14(11-18)6-8-15/h5-8,13,16H,3-4,9-12H2,1-2H3,(H,19,21). The lowest BCUT2D eigenvalue weighted by Crippen LogP contribution is -2.45. The molecule has 1 fully saturated rings. The molecule has 1 aliphatic rings. The fourth-order valence-corrected chi connectivity index (χ4v) is 3.08. The minimum Gasteiger partial charge on any atom is -0.350 e. The van der Waals surface area contributed by atoms with Crippen molar-refractivity contribution in [2.45, 2.75) is 38.6 Å². The molecule has 1 heterocycles. The summed E-state index contributed by atoms with van der Waals surface area (Å²) in [7, 11) is 0. The monoisotopic (exact) mass is 308 g/mol. The molecule has 1 atom stereocenters. The Hall–Kier alpha value is -1.06. The third-order valence-electron chi connectivity index (χ3n) is 4.22. The Morgan fingerprint density at radius 3 is 2.38 bits per heavy atom. The van der Waals surface area contributed by atoms with E-state index in [2.05, 4.69) is 24.1 Å². The van der Waals surface area contributed by atoms with E-state index in [-0.39, 0.29) is 5.91 Å². The van der Waals surface area contributed by atoms with Crippen LogP contribution in [-0.4, -0.2) is 36.5 Å². The molecular formula is C17H25ClN2O. The van der Waals surface area contributed by atoms with Gasteiger partial charge in [-0.3, -0.25) is 9.69 Å². The number of hydrogen-bond donors (Lipinski definition) is 1. The van der Waals surface area contributed by atoms with Gasteiger partial charge in [-0.15, -0.1) is 11.6 Å². The van der Waals surface area contributed by atoms with Gasteiger partial charge in [-0.05, 0) is 49.5 Å². The number of carbonyl (C=O) groups excluding carboxylic acids is 1. The number of amides is 1. The van der Waals surface area contributed by atoms with Crippen molar-refractivity contribution in [3.05, 3.63) is 35.4 Å². The van der Waals surface area contributed by atoms with E-state index in [9.17, 15) is 4.79 Å². The smallest absolute Gasteiger partial charge is 0.251 e. The third-order valence-corrected chi connectivity index (χ3v) is 4.53. The number of carbonyl (C=O) groups is 1. The molecule has 4 heteroatoms. The topological polar surface area (TPSA) is 32.3 Å². The van der Waals surface area contributed by atoms with Gasteiger partial charge in [-0.2, -0.15) is 0 Å². The summed E-state index contributed by atoms with van der Waals surface area (Å²) in [6, 6.07) is 7.92. The van der Waals surface area contributed by atoms with Crippen LogP contribution in [0.3, 0.4) is 0 Å². The van der Waals surface area contributed by atoms with Crippen LogP contribution in [0.2, 0.25) is 0 Å². The van der Waals surface area contributed by atoms with Gasteiger partial charge in [0.1, 0.15) is 0 Å². The van der Waals surface area contributed by atoms with Gasteiger partial charge in [0, 0.05) is 24.0 Å². The van der Waals surface area contributed by atoms with Gasteiger partial charge in [0.05, 0.1) is 0 Å². The van der Waals surface area contributed by atoms with E-state index in [0.29, 0.717) is 29.9 Å². The van der Waals surface area contributed by atoms with Crippen LogP contribution in [0.5, 0.6) is 0 Å². The quantitative estimate of drug-likeness (QED) is 0.818. The van der Waals surface area contributed by atoms with Crippen molar-refractivity contribution in [1.29, 1.82) is 0 Å². The van der Waals surface area contributed by atoms with Crippen LogP contribution in [0, 0.1) is 5.92 Å². The van der Waals surface area contributed by atoms with Crippen LogP contribution < -0.4 is 5.32 Å². The maximum atomic E-state index is 12.2. The highest BCUT2D eigenvalue weighted by Gasteiger charge is 2.24. The second kappa shape index (κ2) is 7.81. The fourth-order valence-electron chi connectivity index (χ4n) is 2.90. The maximum absolute atomic E-state index is 12.2. The zero-order chi connectivity index (χ0) is 15.2. The van der Waals surface area contributed by atoms with Crippen LogP contribution in [0.15, 0.2) is 24.3 Å². The molecule has 0 aliphatic carbocycles.